The molecular formula is C25H26FN3O4. The van der Waals surface area contributed by atoms with Crippen molar-refractivity contribution in [2.45, 2.75) is 25.0 Å². The van der Waals surface area contributed by atoms with Gasteiger partial charge in [-0.1, -0.05) is 6.07 Å². The van der Waals surface area contributed by atoms with Gasteiger partial charge in [0.2, 0.25) is 5.91 Å². The van der Waals surface area contributed by atoms with Crippen LogP contribution in [-0.2, 0) is 4.79 Å². The molecule has 1 aromatic heterocycles. The van der Waals surface area contributed by atoms with Crippen LogP contribution >= 0.6 is 0 Å². The Labute approximate surface area is 191 Å². The summed E-state index contributed by atoms with van der Waals surface area (Å²) in [7, 11) is 0. The molecule has 0 unspecified atom stereocenters. The van der Waals surface area contributed by atoms with E-state index in [0.29, 0.717) is 42.4 Å². The van der Waals surface area contributed by atoms with Crippen molar-refractivity contribution in [3.8, 4) is 17.2 Å². The average molecular weight is 451 g/mol. The maximum Gasteiger partial charge on any atom is 0.238 e. The molecule has 4 rings (SSSR count). The number of pyridine rings is 1. The molecule has 8 heteroatoms. The Balaban J connectivity index is 1.31. The van der Waals surface area contributed by atoms with Gasteiger partial charge in [-0.05, 0) is 61.9 Å². The van der Waals surface area contributed by atoms with Gasteiger partial charge in [-0.2, -0.15) is 0 Å². The lowest BCUT2D eigenvalue weighted by molar-refractivity contribution is -0.122. The maximum absolute atomic E-state index is 13.5. The van der Waals surface area contributed by atoms with Crippen LogP contribution in [0.4, 0.5) is 10.1 Å². The van der Waals surface area contributed by atoms with Crippen LogP contribution in [0.3, 0.4) is 0 Å². The third-order valence-electron chi connectivity index (χ3n) is 5.50. The Hall–Kier alpha value is -3.49. The molecule has 0 bridgehead atoms. The number of ether oxygens (including phenoxy) is 2. The van der Waals surface area contributed by atoms with Gasteiger partial charge in [0.25, 0.3) is 0 Å². The van der Waals surface area contributed by atoms with Crippen molar-refractivity contribution in [3.05, 3.63) is 78.9 Å². The van der Waals surface area contributed by atoms with Crippen LogP contribution in [0.15, 0.2) is 73.1 Å². The van der Waals surface area contributed by atoms with Gasteiger partial charge in [-0.3, -0.25) is 14.7 Å². The number of hydrogen-bond donors (Lipinski definition) is 2. The lowest BCUT2D eigenvalue weighted by Gasteiger charge is -2.42. The number of likely N-dealkylation sites (tertiary alicyclic amines) is 1. The number of aromatic nitrogens is 1. The summed E-state index contributed by atoms with van der Waals surface area (Å²) in [5.41, 5.74) is -0.432. The van der Waals surface area contributed by atoms with Crippen LogP contribution in [-0.4, -0.2) is 52.2 Å². The molecular weight excluding hydrogens is 425 g/mol. The number of carbonyl (C=O) groups excluding carboxylic acids is 1. The Kier molecular flexibility index (Phi) is 6.86. The van der Waals surface area contributed by atoms with Gasteiger partial charge in [0.15, 0.2) is 0 Å². The second-order valence-corrected chi connectivity index (χ2v) is 8.27. The highest BCUT2D eigenvalue weighted by Crippen LogP contribution is 2.27. The minimum Gasteiger partial charge on any atom is -0.486 e. The molecule has 0 aliphatic carbocycles. The summed E-state index contributed by atoms with van der Waals surface area (Å²) in [6, 6.07) is 16.5. The van der Waals surface area contributed by atoms with Crippen molar-refractivity contribution < 1.29 is 23.8 Å². The molecule has 0 saturated carbocycles. The summed E-state index contributed by atoms with van der Waals surface area (Å²) in [4.78, 5) is 18.5. The van der Waals surface area contributed by atoms with Gasteiger partial charge in [0, 0.05) is 31.0 Å². The third-order valence-corrected chi connectivity index (χ3v) is 5.50. The first kappa shape index (κ1) is 22.7. The molecule has 2 N–H and O–H groups in total. The number of nitrogens with one attached hydrogen (secondary N) is 1. The zero-order valence-electron chi connectivity index (χ0n) is 18.3. The molecule has 1 fully saturated rings. The van der Waals surface area contributed by atoms with Crippen LogP contribution < -0.4 is 14.8 Å². The lowest BCUT2D eigenvalue weighted by Crippen LogP contribution is -2.57. The molecule has 1 aliphatic heterocycles. The van der Waals surface area contributed by atoms with Crippen molar-refractivity contribution in [1.29, 1.82) is 0 Å². The zero-order chi connectivity index (χ0) is 23.3. The Morgan fingerprint density at radius 1 is 1.18 bits per heavy atom. The average Bonchev–Trinajstić information content (AvgIpc) is 2.78. The smallest absolute Gasteiger partial charge is 0.238 e. The second-order valence-electron chi connectivity index (χ2n) is 8.27. The van der Waals surface area contributed by atoms with Gasteiger partial charge in [0.1, 0.15) is 34.8 Å². The monoisotopic (exact) mass is 451 g/mol. The van der Waals surface area contributed by atoms with Crippen molar-refractivity contribution in [1.82, 2.24) is 9.88 Å². The van der Waals surface area contributed by atoms with E-state index in [1.165, 1.54) is 12.1 Å². The van der Waals surface area contributed by atoms with Crippen LogP contribution in [0.1, 0.15) is 13.3 Å². The number of piperidine rings is 1. The number of benzene rings is 2. The molecule has 0 radical (unpaired) electrons. The Bertz CT molecular complexity index is 1080. The summed E-state index contributed by atoms with van der Waals surface area (Å²) in [5, 5.41) is 13.6. The summed E-state index contributed by atoms with van der Waals surface area (Å²) >= 11 is 0. The zero-order valence-corrected chi connectivity index (χ0v) is 18.3. The number of rotatable bonds is 7. The Morgan fingerprint density at radius 2 is 1.97 bits per heavy atom. The minimum atomic E-state index is -1.08. The summed E-state index contributed by atoms with van der Waals surface area (Å²) < 4.78 is 25.1. The molecule has 1 amide bonds. The van der Waals surface area contributed by atoms with Gasteiger partial charge in [-0.25, -0.2) is 4.39 Å². The fourth-order valence-corrected chi connectivity index (χ4v) is 3.63. The number of nitrogens with zero attached hydrogens (tertiary/aromatic N) is 2. The fourth-order valence-electron chi connectivity index (χ4n) is 3.63. The SMILES string of the molecule is C[C@]1(O)CCN(CC(=O)Nc2ccc(Oc3cccnc3)cc2)C[C@@H]1Oc1cccc(F)c1. The van der Waals surface area contributed by atoms with E-state index in [-0.39, 0.29) is 12.5 Å². The molecule has 1 aliphatic rings. The highest BCUT2D eigenvalue weighted by Gasteiger charge is 2.39. The number of halogens is 1. The van der Waals surface area contributed by atoms with Crippen molar-refractivity contribution in [2.24, 2.45) is 0 Å². The van der Waals surface area contributed by atoms with Crippen molar-refractivity contribution in [3.63, 3.8) is 0 Å². The lowest BCUT2D eigenvalue weighted by atomic mass is 9.90. The molecule has 7 nitrogen and oxygen atoms in total. The molecule has 0 spiro atoms. The first-order valence-electron chi connectivity index (χ1n) is 10.7. The number of amides is 1. The van der Waals surface area contributed by atoms with Crippen molar-refractivity contribution >= 4 is 11.6 Å². The molecule has 3 aromatic rings. The normalized spacial score (nSPS) is 20.8. The van der Waals surface area contributed by atoms with E-state index in [4.69, 9.17) is 9.47 Å². The van der Waals surface area contributed by atoms with E-state index in [1.54, 1.807) is 61.8 Å². The molecule has 2 aromatic carbocycles. The molecule has 33 heavy (non-hydrogen) atoms. The fraction of sp³-hybridized carbons (Fsp3) is 0.280. The van der Waals surface area contributed by atoms with Crippen LogP contribution in [0.5, 0.6) is 17.2 Å². The first-order valence-corrected chi connectivity index (χ1v) is 10.7. The van der Waals surface area contributed by atoms with Gasteiger partial charge in [0.05, 0.1) is 12.7 Å². The topological polar surface area (TPSA) is 83.9 Å². The van der Waals surface area contributed by atoms with E-state index < -0.39 is 17.5 Å². The molecule has 2 heterocycles. The second kappa shape index (κ2) is 9.97. The van der Waals surface area contributed by atoms with E-state index >= 15 is 0 Å². The predicted molar refractivity (Wildman–Crippen MR) is 122 cm³/mol. The number of hydrogen-bond acceptors (Lipinski definition) is 6. The standard InChI is InChI=1S/C25H26FN3O4/c1-25(31)11-13-29(16-23(25)33-21-5-2-4-18(26)14-21)17-24(30)28-19-7-9-20(10-8-19)32-22-6-3-12-27-15-22/h2-10,12,14-15,23,31H,11,13,16-17H2,1H3,(H,28,30)/t23-,25-/m0/s1. The molecule has 2 atom stereocenters. The first-order chi connectivity index (χ1) is 15.9. The predicted octanol–water partition coefficient (Wildman–Crippen LogP) is 3.86. The number of carbonyl (C=O) groups is 1. The highest BCUT2D eigenvalue weighted by atomic mass is 19.1. The highest BCUT2D eigenvalue weighted by molar-refractivity contribution is 5.92. The molecule has 1 saturated heterocycles. The number of anilines is 1. The molecule has 172 valence electrons. The van der Waals surface area contributed by atoms with Gasteiger partial charge < -0.3 is 19.9 Å². The van der Waals surface area contributed by atoms with Crippen LogP contribution in [0.25, 0.3) is 0 Å². The van der Waals surface area contributed by atoms with Gasteiger partial charge >= 0.3 is 0 Å². The largest absolute Gasteiger partial charge is 0.486 e. The van der Waals surface area contributed by atoms with E-state index in [0.717, 1.165) is 0 Å². The van der Waals surface area contributed by atoms with E-state index in [9.17, 15) is 14.3 Å². The van der Waals surface area contributed by atoms with Crippen LogP contribution in [0, 0.1) is 5.82 Å². The van der Waals surface area contributed by atoms with Crippen molar-refractivity contribution in [2.75, 3.05) is 25.0 Å². The quantitative estimate of drug-likeness (QED) is 0.568. The minimum absolute atomic E-state index is 0.146. The Morgan fingerprint density at radius 3 is 2.70 bits per heavy atom. The summed E-state index contributed by atoms with van der Waals surface area (Å²) in [5.74, 6) is 1.03. The summed E-state index contributed by atoms with van der Waals surface area (Å²) in [6.45, 7) is 2.73. The van der Waals surface area contributed by atoms with E-state index in [2.05, 4.69) is 10.3 Å². The summed E-state index contributed by atoms with van der Waals surface area (Å²) in [6.07, 6.45) is 3.13. The number of aliphatic hydroxyl groups is 1. The van der Waals surface area contributed by atoms with E-state index in [1.807, 2.05) is 11.0 Å². The van der Waals surface area contributed by atoms with Crippen LogP contribution in [0.2, 0.25) is 0 Å². The third kappa shape index (κ3) is 6.27. The maximum atomic E-state index is 13.5. The van der Waals surface area contributed by atoms with Gasteiger partial charge in [-0.15, -0.1) is 0 Å².